The van der Waals surface area contributed by atoms with Gasteiger partial charge >= 0.3 is 6.03 Å². The van der Waals surface area contributed by atoms with Gasteiger partial charge in [-0.3, -0.25) is 10.1 Å². The standard InChI is InChI=1S/C10H17ClN2O2S/c1-10(2)3-4-13(5-6-16-10)9(15)12-8(14)7-11/h3-7H2,1-2H3,(H,12,14,15). The SMILES string of the molecule is CC1(C)CCN(C(=O)NC(=O)CCl)CCS1. The number of carbonyl (C=O) groups is 2. The van der Waals surface area contributed by atoms with Gasteiger partial charge in [-0.2, -0.15) is 11.8 Å². The van der Waals surface area contributed by atoms with Gasteiger partial charge in [0.05, 0.1) is 0 Å². The highest BCUT2D eigenvalue weighted by molar-refractivity contribution is 8.00. The summed E-state index contributed by atoms with van der Waals surface area (Å²) < 4.78 is 0.200. The molecular weight excluding hydrogens is 248 g/mol. The molecule has 0 atom stereocenters. The minimum absolute atomic E-state index is 0.181. The van der Waals surface area contributed by atoms with E-state index in [1.807, 2.05) is 11.8 Å². The number of nitrogens with zero attached hydrogens (tertiary/aromatic N) is 1. The third-order valence-corrected chi connectivity index (χ3v) is 4.11. The van der Waals surface area contributed by atoms with Crippen LogP contribution in [-0.4, -0.2) is 46.3 Å². The maximum absolute atomic E-state index is 11.7. The zero-order chi connectivity index (χ0) is 12.2. The molecule has 0 unspecified atom stereocenters. The van der Waals surface area contributed by atoms with Gasteiger partial charge in [-0.15, -0.1) is 11.6 Å². The average molecular weight is 265 g/mol. The van der Waals surface area contributed by atoms with Crippen molar-refractivity contribution < 1.29 is 9.59 Å². The lowest BCUT2D eigenvalue weighted by atomic mass is 10.1. The van der Waals surface area contributed by atoms with Gasteiger partial charge in [-0.1, -0.05) is 13.8 Å². The predicted molar refractivity (Wildman–Crippen MR) is 67.0 cm³/mol. The number of halogens is 1. The van der Waals surface area contributed by atoms with Crippen LogP contribution in [0.4, 0.5) is 4.79 Å². The molecule has 1 fully saturated rings. The van der Waals surface area contributed by atoms with Crippen molar-refractivity contribution in [3.05, 3.63) is 0 Å². The number of rotatable bonds is 1. The van der Waals surface area contributed by atoms with Gasteiger partial charge in [-0.25, -0.2) is 4.79 Å². The average Bonchev–Trinajstić information content (AvgIpc) is 2.39. The second kappa shape index (κ2) is 5.77. The van der Waals surface area contributed by atoms with E-state index in [4.69, 9.17) is 11.6 Å². The van der Waals surface area contributed by atoms with Gasteiger partial charge in [0.2, 0.25) is 5.91 Å². The summed E-state index contributed by atoms with van der Waals surface area (Å²) in [6.45, 7) is 5.70. The summed E-state index contributed by atoms with van der Waals surface area (Å²) in [5, 5.41) is 2.26. The Morgan fingerprint density at radius 2 is 2.12 bits per heavy atom. The van der Waals surface area contributed by atoms with Crippen LogP contribution in [0.1, 0.15) is 20.3 Å². The van der Waals surface area contributed by atoms with Crippen molar-refractivity contribution in [2.45, 2.75) is 25.0 Å². The molecule has 1 rings (SSSR count). The van der Waals surface area contributed by atoms with Crippen molar-refractivity contribution in [2.75, 3.05) is 24.7 Å². The molecule has 1 N–H and O–H groups in total. The van der Waals surface area contributed by atoms with Crippen LogP contribution in [0.5, 0.6) is 0 Å². The number of hydrogen-bond acceptors (Lipinski definition) is 3. The quantitative estimate of drug-likeness (QED) is 0.733. The monoisotopic (exact) mass is 264 g/mol. The molecule has 0 aliphatic carbocycles. The predicted octanol–water partition coefficient (Wildman–Crippen LogP) is 1.68. The van der Waals surface area contributed by atoms with Crippen LogP contribution >= 0.6 is 23.4 Å². The minimum Gasteiger partial charge on any atom is -0.324 e. The summed E-state index contributed by atoms with van der Waals surface area (Å²) in [5.74, 6) is 0.276. The molecule has 4 nitrogen and oxygen atoms in total. The molecule has 0 saturated carbocycles. The van der Waals surface area contributed by atoms with Crippen LogP contribution in [0.3, 0.4) is 0 Å². The van der Waals surface area contributed by atoms with E-state index in [0.29, 0.717) is 13.1 Å². The molecule has 1 aliphatic heterocycles. The molecular formula is C10H17ClN2O2S. The third kappa shape index (κ3) is 4.22. The van der Waals surface area contributed by atoms with E-state index in [0.717, 1.165) is 12.2 Å². The van der Waals surface area contributed by atoms with E-state index >= 15 is 0 Å². The van der Waals surface area contributed by atoms with Gasteiger partial charge in [0, 0.05) is 23.6 Å². The molecule has 92 valence electrons. The molecule has 0 spiro atoms. The summed E-state index contributed by atoms with van der Waals surface area (Å²) in [7, 11) is 0. The molecule has 1 aliphatic rings. The summed E-state index contributed by atoms with van der Waals surface area (Å²) in [6, 6.07) is -0.330. The first-order valence-electron chi connectivity index (χ1n) is 5.23. The fourth-order valence-corrected chi connectivity index (χ4v) is 2.62. The highest BCUT2D eigenvalue weighted by atomic mass is 35.5. The summed E-state index contributed by atoms with van der Waals surface area (Å²) in [6.07, 6.45) is 0.931. The first kappa shape index (κ1) is 13.6. The molecule has 0 aromatic carbocycles. The van der Waals surface area contributed by atoms with E-state index in [2.05, 4.69) is 19.2 Å². The molecule has 3 amide bonds. The van der Waals surface area contributed by atoms with Crippen LogP contribution in [0.2, 0.25) is 0 Å². The Hall–Kier alpha value is -0.420. The molecule has 0 bridgehead atoms. The molecule has 0 aromatic rings. The van der Waals surface area contributed by atoms with Gasteiger partial charge in [0.1, 0.15) is 5.88 Å². The molecule has 16 heavy (non-hydrogen) atoms. The van der Waals surface area contributed by atoms with Gasteiger partial charge < -0.3 is 4.90 Å². The zero-order valence-corrected chi connectivity index (χ0v) is 11.2. The van der Waals surface area contributed by atoms with Crippen molar-refractivity contribution >= 4 is 35.3 Å². The van der Waals surface area contributed by atoms with Gasteiger partial charge in [0.25, 0.3) is 0 Å². The molecule has 0 aromatic heterocycles. The Morgan fingerprint density at radius 3 is 2.75 bits per heavy atom. The lowest BCUT2D eigenvalue weighted by Gasteiger charge is -2.22. The Bertz CT molecular complexity index is 284. The largest absolute Gasteiger partial charge is 0.324 e. The van der Waals surface area contributed by atoms with Gasteiger partial charge in [-0.05, 0) is 6.42 Å². The number of alkyl halides is 1. The lowest BCUT2D eigenvalue weighted by molar-refractivity contribution is -0.117. The van der Waals surface area contributed by atoms with Crippen molar-refractivity contribution in [3.8, 4) is 0 Å². The number of amides is 3. The van der Waals surface area contributed by atoms with Crippen molar-refractivity contribution in [1.29, 1.82) is 0 Å². The number of imide groups is 1. The van der Waals surface area contributed by atoms with Crippen molar-refractivity contribution in [2.24, 2.45) is 0 Å². The lowest BCUT2D eigenvalue weighted by Crippen LogP contribution is -2.44. The van der Waals surface area contributed by atoms with Crippen LogP contribution in [0.25, 0.3) is 0 Å². The second-order valence-electron chi connectivity index (χ2n) is 4.33. The maximum atomic E-state index is 11.7. The number of carbonyl (C=O) groups excluding carboxylic acids is 2. The van der Waals surface area contributed by atoms with Crippen molar-refractivity contribution in [1.82, 2.24) is 10.2 Å². The van der Waals surface area contributed by atoms with E-state index in [9.17, 15) is 9.59 Å². The van der Waals surface area contributed by atoms with Crippen LogP contribution in [0, 0.1) is 0 Å². The summed E-state index contributed by atoms with van der Waals surface area (Å²) in [5.41, 5.74) is 0. The highest BCUT2D eigenvalue weighted by Gasteiger charge is 2.26. The zero-order valence-electron chi connectivity index (χ0n) is 9.59. The third-order valence-electron chi connectivity index (χ3n) is 2.49. The van der Waals surface area contributed by atoms with E-state index in [1.165, 1.54) is 0 Å². The molecule has 1 saturated heterocycles. The Labute approximate surface area is 105 Å². The summed E-state index contributed by atoms with van der Waals surface area (Å²) in [4.78, 5) is 24.3. The van der Waals surface area contributed by atoms with Crippen LogP contribution in [0.15, 0.2) is 0 Å². The maximum Gasteiger partial charge on any atom is 0.324 e. The highest BCUT2D eigenvalue weighted by Crippen LogP contribution is 2.30. The Balaban J connectivity index is 2.48. The summed E-state index contributed by atoms with van der Waals surface area (Å²) >= 11 is 7.18. The van der Waals surface area contributed by atoms with Crippen LogP contribution < -0.4 is 5.32 Å². The number of hydrogen-bond donors (Lipinski definition) is 1. The molecule has 6 heteroatoms. The molecule has 1 heterocycles. The second-order valence-corrected chi connectivity index (χ2v) is 6.40. The Kier molecular flexibility index (Phi) is 4.92. The number of thioether (sulfide) groups is 1. The first-order valence-corrected chi connectivity index (χ1v) is 6.75. The van der Waals surface area contributed by atoms with E-state index in [1.54, 1.807) is 4.90 Å². The first-order chi connectivity index (χ1) is 7.44. The topological polar surface area (TPSA) is 49.4 Å². The number of urea groups is 1. The van der Waals surface area contributed by atoms with Crippen molar-refractivity contribution in [3.63, 3.8) is 0 Å². The minimum atomic E-state index is -0.442. The fourth-order valence-electron chi connectivity index (χ4n) is 1.46. The van der Waals surface area contributed by atoms with Crippen LogP contribution in [-0.2, 0) is 4.79 Å². The van der Waals surface area contributed by atoms with E-state index in [-0.39, 0.29) is 16.7 Å². The Morgan fingerprint density at radius 1 is 1.44 bits per heavy atom. The normalized spacial score (nSPS) is 20.1. The van der Waals surface area contributed by atoms with E-state index < -0.39 is 5.91 Å². The molecule has 0 radical (unpaired) electrons. The smallest absolute Gasteiger partial charge is 0.324 e. The number of nitrogens with one attached hydrogen (secondary N) is 1. The van der Waals surface area contributed by atoms with Gasteiger partial charge in [0.15, 0.2) is 0 Å². The fraction of sp³-hybridized carbons (Fsp3) is 0.800.